The van der Waals surface area contributed by atoms with Gasteiger partial charge in [0.05, 0.1) is 22.6 Å². The van der Waals surface area contributed by atoms with Crippen LogP contribution in [0.3, 0.4) is 0 Å². The minimum Gasteiger partial charge on any atom is -0.474 e. The van der Waals surface area contributed by atoms with E-state index in [1.165, 1.54) is 0 Å². The van der Waals surface area contributed by atoms with Gasteiger partial charge in [0.25, 0.3) is 0 Å². The number of hydrogen-bond acceptors (Lipinski definition) is 7. The van der Waals surface area contributed by atoms with Crippen LogP contribution >= 0.6 is 0 Å². The fourth-order valence-corrected chi connectivity index (χ4v) is 4.68. The van der Waals surface area contributed by atoms with Crippen LogP contribution in [-0.2, 0) is 0 Å². The van der Waals surface area contributed by atoms with Gasteiger partial charge in [-0.25, -0.2) is 15.0 Å². The minimum absolute atomic E-state index is 0.0458. The van der Waals surface area contributed by atoms with E-state index in [0.717, 1.165) is 74.3 Å². The van der Waals surface area contributed by atoms with E-state index in [1.54, 1.807) is 0 Å². The number of pyridine rings is 1. The summed E-state index contributed by atoms with van der Waals surface area (Å²) in [6.07, 6.45) is 11.2. The molecule has 0 saturated heterocycles. The molecule has 170 valence electrons. The molecule has 0 bridgehead atoms. The summed E-state index contributed by atoms with van der Waals surface area (Å²) in [7, 11) is 0. The van der Waals surface area contributed by atoms with Crippen LogP contribution in [0.25, 0.3) is 10.9 Å². The number of aliphatic hydroxyl groups excluding tert-OH is 1. The van der Waals surface area contributed by atoms with Crippen molar-refractivity contribution in [3.05, 3.63) is 18.0 Å². The second-order valence-corrected chi connectivity index (χ2v) is 9.75. The zero-order valence-electron chi connectivity index (χ0n) is 19.0. The van der Waals surface area contributed by atoms with E-state index >= 15 is 0 Å². The average molecular weight is 429 g/mol. The van der Waals surface area contributed by atoms with Gasteiger partial charge < -0.3 is 20.3 Å². The van der Waals surface area contributed by atoms with Crippen molar-refractivity contribution in [3.63, 3.8) is 0 Å². The zero-order chi connectivity index (χ0) is 22.0. The van der Waals surface area contributed by atoms with E-state index in [0.29, 0.717) is 23.8 Å². The predicted molar refractivity (Wildman–Crippen MR) is 121 cm³/mol. The molecule has 0 amide bonds. The molecule has 0 aromatic carbocycles. The molecule has 0 spiro atoms. The van der Waals surface area contributed by atoms with Gasteiger partial charge in [0.2, 0.25) is 11.8 Å². The minimum atomic E-state index is -0.593. The summed E-state index contributed by atoms with van der Waals surface area (Å²) in [6, 6.07) is 0.290. The van der Waals surface area contributed by atoms with Crippen LogP contribution in [0.1, 0.15) is 90.0 Å². The summed E-state index contributed by atoms with van der Waals surface area (Å²) in [5.41, 5.74) is 1.43. The molecule has 2 saturated carbocycles. The molecule has 2 aliphatic rings. The maximum atomic E-state index is 10.2. The molecule has 0 unspecified atom stereocenters. The number of nitrogens with one attached hydrogen (secondary N) is 1. The first-order valence-electron chi connectivity index (χ1n) is 11.8. The molecule has 2 aromatic rings. The summed E-state index contributed by atoms with van der Waals surface area (Å²) < 4.78 is 6.30. The van der Waals surface area contributed by atoms with Gasteiger partial charge in [-0.15, -0.1) is 0 Å². The Morgan fingerprint density at radius 2 is 1.84 bits per heavy atom. The Balaban J connectivity index is 1.65. The van der Waals surface area contributed by atoms with E-state index in [-0.39, 0.29) is 12.2 Å². The molecule has 7 heteroatoms. The number of aromatic nitrogens is 3. The molecular weight excluding hydrogens is 392 g/mol. The van der Waals surface area contributed by atoms with Crippen LogP contribution in [0, 0.1) is 0 Å². The topological polar surface area (TPSA) is 100 Å². The Bertz CT molecular complexity index is 886. The fraction of sp³-hybridized carbons (Fsp3) is 0.708. The summed E-state index contributed by atoms with van der Waals surface area (Å²) in [4.78, 5) is 14.1. The van der Waals surface area contributed by atoms with Crippen LogP contribution in [0.4, 0.5) is 5.95 Å². The Morgan fingerprint density at radius 3 is 2.52 bits per heavy atom. The van der Waals surface area contributed by atoms with Gasteiger partial charge >= 0.3 is 0 Å². The molecule has 3 N–H and O–H groups in total. The quantitative estimate of drug-likeness (QED) is 0.630. The van der Waals surface area contributed by atoms with Gasteiger partial charge in [-0.05, 0) is 77.6 Å². The highest BCUT2D eigenvalue weighted by atomic mass is 16.5. The molecule has 2 aromatic heterocycles. The van der Waals surface area contributed by atoms with Crippen LogP contribution in [-0.4, -0.2) is 49.0 Å². The van der Waals surface area contributed by atoms with Gasteiger partial charge in [0.15, 0.2) is 0 Å². The normalized spacial score (nSPS) is 30.2. The molecule has 2 aliphatic carbocycles. The SMILES string of the molecule is CC[C@H](C)Nc1ncc2c(OC3CCC(C)(O)CC3)ncc(C3CCC(O)CC3)c2n1. The maximum absolute atomic E-state index is 10.2. The maximum Gasteiger partial charge on any atom is 0.224 e. The Hall–Kier alpha value is -1.99. The first kappa shape index (κ1) is 22.2. The van der Waals surface area contributed by atoms with E-state index < -0.39 is 5.60 Å². The molecule has 2 heterocycles. The number of anilines is 1. The molecule has 7 nitrogen and oxygen atoms in total. The average Bonchev–Trinajstić information content (AvgIpc) is 2.76. The van der Waals surface area contributed by atoms with Crippen molar-refractivity contribution < 1.29 is 14.9 Å². The van der Waals surface area contributed by atoms with Gasteiger partial charge in [-0.2, -0.15) is 0 Å². The lowest BCUT2D eigenvalue weighted by atomic mass is 9.82. The van der Waals surface area contributed by atoms with Crippen molar-refractivity contribution in [2.45, 2.75) is 108 Å². The molecule has 2 fully saturated rings. The highest BCUT2D eigenvalue weighted by Crippen LogP contribution is 2.38. The zero-order valence-corrected chi connectivity index (χ0v) is 19.0. The first-order valence-corrected chi connectivity index (χ1v) is 11.8. The number of aliphatic hydroxyl groups is 2. The van der Waals surface area contributed by atoms with E-state index in [1.807, 2.05) is 19.3 Å². The summed E-state index contributed by atoms with van der Waals surface area (Å²) in [5.74, 6) is 1.55. The number of hydrogen-bond donors (Lipinski definition) is 3. The van der Waals surface area contributed by atoms with Gasteiger partial charge in [0, 0.05) is 24.0 Å². The van der Waals surface area contributed by atoms with Crippen molar-refractivity contribution in [3.8, 4) is 5.88 Å². The number of ether oxygens (including phenoxy) is 1. The third kappa shape index (κ3) is 5.26. The lowest BCUT2D eigenvalue weighted by molar-refractivity contribution is -0.0114. The molecule has 0 aliphatic heterocycles. The van der Waals surface area contributed by atoms with Crippen molar-refractivity contribution in [1.82, 2.24) is 15.0 Å². The lowest BCUT2D eigenvalue weighted by Crippen LogP contribution is -2.35. The molecule has 31 heavy (non-hydrogen) atoms. The van der Waals surface area contributed by atoms with Gasteiger partial charge in [-0.3, -0.25) is 0 Å². The number of rotatable bonds is 6. The van der Waals surface area contributed by atoms with Crippen LogP contribution < -0.4 is 10.1 Å². The van der Waals surface area contributed by atoms with Crippen molar-refractivity contribution >= 4 is 16.9 Å². The van der Waals surface area contributed by atoms with E-state index in [2.05, 4.69) is 24.1 Å². The van der Waals surface area contributed by atoms with E-state index in [9.17, 15) is 10.2 Å². The van der Waals surface area contributed by atoms with Crippen molar-refractivity contribution in [2.24, 2.45) is 0 Å². The largest absolute Gasteiger partial charge is 0.474 e. The Morgan fingerprint density at radius 1 is 1.13 bits per heavy atom. The number of fused-ring (bicyclic) bond motifs is 1. The Labute approximate surface area is 184 Å². The van der Waals surface area contributed by atoms with Crippen LogP contribution in [0.5, 0.6) is 5.88 Å². The molecular formula is C24H36N4O3. The third-order valence-corrected chi connectivity index (χ3v) is 7.03. The van der Waals surface area contributed by atoms with Crippen molar-refractivity contribution in [1.29, 1.82) is 0 Å². The fourth-order valence-electron chi connectivity index (χ4n) is 4.68. The Kier molecular flexibility index (Phi) is 6.63. The summed E-state index contributed by atoms with van der Waals surface area (Å²) in [5, 5.41) is 24.4. The highest BCUT2D eigenvalue weighted by molar-refractivity contribution is 5.86. The lowest BCUT2D eigenvalue weighted by Gasteiger charge is -2.33. The monoisotopic (exact) mass is 428 g/mol. The van der Waals surface area contributed by atoms with E-state index in [4.69, 9.17) is 14.7 Å². The third-order valence-electron chi connectivity index (χ3n) is 7.03. The second-order valence-electron chi connectivity index (χ2n) is 9.75. The molecule has 1 atom stereocenters. The standard InChI is InChI=1S/C24H36N4O3/c1-4-15(2)27-23-26-14-20-21(28-23)19(16-5-7-17(29)8-6-16)13-25-22(20)31-18-9-11-24(3,30)12-10-18/h13-18,29-30H,4-12H2,1-3H3,(H,26,27,28)/t15-,16?,17?,18?,24?/m0/s1. The van der Waals surface area contributed by atoms with Gasteiger partial charge in [-0.1, -0.05) is 6.92 Å². The van der Waals surface area contributed by atoms with Gasteiger partial charge in [0.1, 0.15) is 6.10 Å². The summed E-state index contributed by atoms with van der Waals surface area (Å²) in [6.45, 7) is 6.15. The van der Waals surface area contributed by atoms with Crippen molar-refractivity contribution in [2.75, 3.05) is 5.32 Å². The predicted octanol–water partition coefficient (Wildman–Crippen LogP) is 4.33. The number of nitrogens with zero attached hydrogens (tertiary/aromatic N) is 3. The second kappa shape index (κ2) is 9.25. The van der Waals surface area contributed by atoms with Crippen LogP contribution in [0.15, 0.2) is 12.4 Å². The first-order chi connectivity index (χ1) is 14.8. The smallest absolute Gasteiger partial charge is 0.224 e. The summed E-state index contributed by atoms with van der Waals surface area (Å²) >= 11 is 0. The highest BCUT2D eigenvalue weighted by Gasteiger charge is 2.31. The van der Waals surface area contributed by atoms with Crippen LogP contribution in [0.2, 0.25) is 0 Å². The molecule has 4 rings (SSSR count). The molecule has 0 radical (unpaired) electrons.